The highest BCUT2D eigenvalue weighted by atomic mass is 16.7. The molecule has 112 valence electrons. The molecule has 5 heteroatoms. The van der Waals surface area contributed by atoms with Gasteiger partial charge in [0.15, 0.2) is 0 Å². The summed E-state index contributed by atoms with van der Waals surface area (Å²) in [4.78, 5) is 19.5. The summed E-state index contributed by atoms with van der Waals surface area (Å²) in [6, 6.07) is 0. The highest BCUT2D eigenvalue weighted by molar-refractivity contribution is 5.96. The highest BCUT2D eigenvalue weighted by Crippen LogP contribution is 2.27. The van der Waals surface area contributed by atoms with Gasteiger partial charge in [-0.1, -0.05) is 6.08 Å². The Kier molecular flexibility index (Phi) is 4.83. The number of ether oxygens (including phenoxy) is 1. The summed E-state index contributed by atoms with van der Waals surface area (Å²) in [5.74, 6) is -0.168. The number of allylic oxidation sites excluding steroid dienone is 1. The second-order valence-electron chi connectivity index (χ2n) is 6.05. The van der Waals surface area contributed by atoms with Gasteiger partial charge in [-0.25, -0.2) is 5.48 Å². The third kappa shape index (κ3) is 4.08. The first-order valence-electron chi connectivity index (χ1n) is 7.18. The topological polar surface area (TPSA) is 50.8 Å². The van der Waals surface area contributed by atoms with Crippen molar-refractivity contribution in [3.63, 3.8) is 0 Å². The number of fused-ring (bicyclic) bond motifs is 1. The molecule has 2 rings (SSSR count). The van der Waals surface area contributed by atoms with E-state index in [0.29, 0.717) is 13.2 Å². The van der Waals surface area contributed by atoms with Crippen LogP contribution in [-0.4, -0.2) is 42.7 Å². The Hall–Kier alpha value is -1.33. The van der Waals surface area contributed by atoms with E-state index in [2.05, 4.69) is 10.4 Å². The molecule has 0 aromatic heterocycles. The smallest absolute Gasteiger partial charge is 0.276 e. The van der Waals surface area contributed by atoms with Crippen molar-refractivity contribution in [2.45, 2.75) is 39.2 Å². The van der Waals surface area contributed by atoms with Crippen LogP contribution in [0.2, 0.25) is 0 Å². The number of hydroxylamine groups is 1. The van der Waals surface area contributed by atoms with Crippen LogP contribution in [0.15, 0.2) is 23.4 Å². The number of hydrogen-bond donors (Lipinski definition) is 1. The van der Waals surface area contributed by atoms with Gasteiger partial charge in [-0.2, -0.15) is 0 Å². The summed E-state index contributed by atoms with van der Waals surface area (Å²) in [7, 11) is 0. The van der Waals surface area contributed by atoms with E-state index in [-0.39, 0.29) is 11.5 Å². The van der Waals surface area contributed by atoms with Crippen LogP contribution in [-0.2, 0) is 14.4 Å². The summed E-state index contributed by atoms with van der Waals surface area (Å²) >= 11 is 0. The Morgan fingerprint density at radius 1 is 1.40 bits per heavy atom. The lowest BCUT2D eigenvalue weighted by Gasteiger charge is -2.24. The maximum absolute atomic E-state index is 12.1. The summed E-state index contributed by atoms with van der Waals surface area (Å²) in [5.41, 5.74) is 4.18. The van der Waals surface area contributed by atoms with Crippen LogP contribution in [0.25, 0.3) is 0 Å². The number of amides is 1. The first kappa shape index (κ1) is 15.1. The third-order valence-electron chi connectivity index (χ3n) is 3.27. The van der Waals surface area contributed by atoms with E-state index < -0.39 is 0 Å². The molecule has 0 saturated carbocycles. The third-order valence-corrected chi connectivity index (χ3v) is 3.27. The predicted molar refractivity (Wildman–Crippen MR) is 76.8 cm³/mol. The van der Waals surface area contributed by atoms with Crippen LogP contribution in [0.3, 0.4) is 0 Å². The van der Waals surface area contributed by atoms with Crippen molar-refractivity contribution < 1.29 is 14.4 Å². The summed E-state index contributed by atoms with van der Waals surface area (Å²) in [6.07, 6.45) is 6.00. The minimum absolute atomic E-state index is 0.168. The van der Waals surface area contributed by atoms with E-state index in [1.807, 2.05) is 32.9 Å². The van der Waals surface area contributed by atoms with E-state index in [1.54, 1.807) is 0 Å². The van der Waals surface area contributed by atoms with E-state index in [9.17, 15) is 4.79 Å². The first-order chi connectivity index (χ1) is 9.47. The Morgan fingerprint density at radius 3 is 2.95 bits per heavy atom. The minimum atomic E-state index is -0.186. The zero-order chi connectivity index (χ0) is 14.6. The van der Waals surface area contributed by atoms with E-state index in [1.165, 1.54) is 0 Å². The number of carbonyl (C=O) groups is 1. The Morgan fingerprint density at radius 2 is 2.20 bits per heavy atom. The lowest BCUT2D eigenvalue weighted by atomic mass is 10.1. The molecule has 0 unspecified atom stereocenters. The molecular formula is C15H24N2O3. The van der Waals surface area contributed by atoms with Crippen molar-refractivity contribution >= 4 is 5.91 Å². The van der Waals surface area contributed by atoms with E-state index in [4.69, 9.17) is 9.57 Å². The van der Waals surface area contributed by atoms with Crippen LogP contribution in [0.1, 0.15) is 33.6 Å². The monoisotopic (exact) mass is 280 g/mol. The second kappa shape index (κ2) is 6.41. The molecule has 1 amide bonds. The molecule has 1 fully saturated rings. The quantitative estimate of drug-likeness (QED) is 0.616. The van der Waals surface area contributed by atoms with Gasteiger partial charge >= 0.3 is 0 Å². The fraction of sp³-hybridized carbons (Fsp3) is 0.667. The SMILES string of the molecule is CC(C)(C)OCCONC(=O)C1=C2CCCN2CC=C1. The van der Waals surface area contributed by atoms with Crippen LogP contribution in [0.5, 0.6) is 0 Å². The Bertz CT molecular complexity index is 421. The fourth-order valence-corrected chi connectivity index (χ4v) is 2.40. The van der Waals surface area contributed by atoms with Crippen molar-refractivity contribution in [3.05, 3.63) is 23.4 Å². The summed E-state index contributed by atoms with van der Waals surface area (Å²) in [5, 5.41) is 0. The molecule has 20 heavy (non-hydrogen) atoms. The molecule has 5 nitrogen and oxygen atoms in total. The molecule has 0 radical (unpaired) electrons. The highest BCUT2D eigenvalue weighted by Gasteiger charge is 2.25. The van der Waals surface area contributed by atoms with E-state index in [0.717, 1.165) is 37.2 Å². The minimum Gasteiger partial charge on any atom is -0.373 e. The van der Waals surface area contributed by atoms with Crippen molar-refractivity contribution in [2.24, 2.45) is 0 Å². The van der Waals surface area contributed by atoms with Crippen LogP contribution < -0.4 is 5.48 Å². The average molecular weight is 280 g/mol. The molecule has 1 N–H and O–H groups in total. The molecule has 2 heterocycles. The van der Waals surface area contributed by atoms with E-state index >= 15 is 0 Å². The maximum atomic E-state index is 12.1. The van der Waals surface area contributed by atoms with Gasteiger partial charge in [0.1, 0.15) is 0 Å². The summed E-state index contributed by atoms with van der Waals surface area (Å²) < 4.78 is 5.52. The lowest BCUT2D eigenvalue weighted by Crippen LogP contribution is -2.31. The van der Waals surface area contributed by atoms with Crippen LogP contribution >= 0.6 is 0 Å². The molecule has 2 aliphatic heterocycles. The van der Waals surface area contributed by atoms with Crippen molar-refractivity contribution in [1.82, 2.24) is 10.4 Å². The molecule has 0 spiro atoms. The Balaban J connectivity index is 1.76. The number of nitrogens with one attached hydrogen (secondary N) is 1. The van der Waals surface area contributed by atoms with Gasteiger partial charge in [0.05, 0.1) is 24.4 Å². The number of hydrogen-bond acceptors (Lipinski definition) is 4. The number of carbonyl (C=O) groups excluding carboxylic acids is 1. The van der Waals surface area contributed by atoms with Gasteiger partial charge < -0.3 is 9.64 Å². The van der Waals surface area contributed by atoms with Gasteiger partial charge in [-0.15, -0.1) is 0 Å². The molecule has 0 aromatic carbocycles. The average Bonchev–Trinajstić information content (AvgIpc) is 2.84. The van der Waals surface area contributed by atoms with Gasteiger partial charge in [0, 0.05) is 18.8 Å². The molecule has 0 bridgehead atoms. The zero-order valence-corrected chi connectivity index (χ0v) is 12.6. The van der Waals surface area contributed by atoms with Crippen LogP contribution in [0, 0.1) is 0 Å². The normalized spacial score (nSPS) is 18.4. The molecular weight excluding hydrogens is 256 g/mol. The maximum Gasteiger partial charge on any atom is 0.276 e. The first-order valence-corrected chi connectivity index (χ1v) is 7.18. The van der Waals surface area contributed by atoms with Gasteiger partial charge in [-0.05, 0) is 39.7 Å². The largest absolute Gasteiger partial charge is 0.373 e. The fourth-order valence-electron chi connectivity index (χ4n) is 2.40. The lowest BCUT2D eigenvalue weighted by molar-refractivity contribution is -0.132. The number of rotatable bonds is 5. The molecule has 0 aliphatic carbocycles. The zero-order valence-electron chi connectivity index (χ0n) is 12.6. The van der Waals surface area contributed by atoms with Crippen LogP contribution in [0.4, 0.5) is 0 Å². The van der Waals surface area contributed by atoms with Crippen molar-refractivity contribution in [1.29, 1.82) is 0 Å². The molecule has 2 aliphatic rings. The second-order valence-corrected chi connectivity index (χ2v) is 6.05. The van der Waals surface area contributed by atoms with Gasteiger partial charge in [0.2, 0.25) is 0 Å². The molecule has 0 atom stereocenters. The van der Waals surface area contributed by atoms with Gasteiger partial charge in [-0.3, -0.25) is 9.63 Å². The molecule has 1 saturated heterocycles. The number of nitrogens with zero attached hydrogens (tertiary/aromatic N) is 1. The predicted octanol–water partition coefficient (Wildman–Crippen LogP) is 1.77. The summed E-state index contributed by atoms with van der Waals surface area (Å²) in [6.45, 7) is 8.71. The standard InChI is InChI=1S/C15H24N2O3/c1-15(2,3)19-10-11-20-16-14(18)12-6-4-8-17-9-5-7-13(12)17/h4,6H,5,7-11H2,1-3H3,(H,16,18). The van der Waals surface area contributed by atoms with Crippen molar-refractivity contribution in [2.75, 3.05) is 26.3 Å². The van der Waals surface area contributed by atoms with Gasteiger partial charge in [0.25, 0.3) is 5.91 Å². The molecule has 0 aromatic rings. The van der Waals surface area contributed by atoms with Crippen molar-refractivity contribution in [3.8, 4) is 0 Å². The Labute approximate surface area is 120 Å².